The summed E-state index contributed by atoms with van der Waals surface area (Å²) in [4.78, 5) is 4.09. The number of pyridine rings is 1. The number of nitriles is 1. The van der Waals surface area contributed by atoms with E-state index in [0.717, 1.165) is 5.56 Å². The average molecular weight is 281 g/mol. The fourth-order valence-corrected chi connectivity index (χ4v) is 1.96. The van der Waals surface area contributed by atoms with Crippen LogP contribution in [0, 0.1) is 18.3 Å². The Bertz CT molecular complexity index is 709. The third-order valence-corrected chi connectivity index (χ3v) is 3.24. The monoisotopic (exact) mass is 281 g/mol. The maximum absolute atomic E-state index is 9.12. The van der Waals surface area contributed by atoms with Gasteiger partial charge in [0.15, 0.2) is 0 Å². The van der Waals surface area contributed by atoms with Gasteiger partial charge in [-0.3, -0.25) is 0 Å². The van der Waals surface area contributed by atoms with E-state index in [-0.39, 0.29) is 11.3 Å². The van der Waals surface area contributed by atoms with Crippen molar-refractivity contribution < 1.29 is 4.74 Å². The molecule has 0 unspecified atom stereocenters. The lowest BCUT2D eigenvalue weighted by Gasteiger charge is -2.20. The standard InChI is InChI=1S/C17H19N3O/c1-11-7-13(17(2,3)4)5-6-15(11)21-16-12(9-18)8-14(19)10-20-16/h5-8,10H,19H2,1-4H3. The highest BCUT2D eigenvalue weighted by Gasteiger charge is 2.15. The molecule has 4 nitrogen and oxygen atoms in total. The molecule has 1 aromatic heterocycles. The number of aryl methyl sites for hydroxylation is 1. The maximum Gasteiger partial charge on any atom is 0.237 e. The largest absolute Gasteiger partial charge is 0.437 e. The number of nitrogen functional groups attached to an aromatic ring is 1. The van der Waals surface area contributed by atoms with E-state index in [2.05, 4.69) is 31.8 Å². The zero-order valence-corrected chi connectivity index (χ0v) is 12.8. The first-order valence-corrected chi connectivity index (χ1v) is 6.76. The molecule has 0 atom stereocenters. The van der Waals surface area contributed by atoms with Crippen molar-refractivity contribution in [3.05, 3.63) is 47.2 Å². The fraction of sp³-hybridized carbons (Fsp3) is 0.294. The average Bonchev–Trinajstić information content (AvgIpc) is 2.41. The van der Waals surface area contributed by atoms with Crippen LogP contribution in [0.3, 0.4) is 0 Å². The Hall–Kier alpha value is -2.54. The van der Waals surface area contributed by atoms with Gasteiger partial charge in [0.2, 0.25) is 5.88 Å². The van der Waals surface area contributed by atoms with Gasteiger partial charge < -0.3 is 10.5 Å². The minimum Gasteiger partial charge on any atom is -0.437 e. The second kappa shape index (κ2) is 5.45. The van der Waals surface area contributed by atoms with E-state index in [1.807, 2.05) is 25.1 Å². The van der Waals surface area contributed by atoms with Crippen LogP contribution < -0.4 is 10.5 Å². The summed E-state index contributed by atoms with van der Waals surface area (Å²) in [5.41, 5.74) is 8.72. The molecule has 0 aliphatic heterocycles. The molecule has 0 aliphatic rings. The molecule has 1 aromatic carbocycles. The van der Waals surface area contributed by atoms with Crippen molar-refractivity contribution in [1.29, 1.82) is 5.26 Å². The first kappa shape index (κ1) is 14.9. The van der Waals surface area contributed by atoms with Crippen LogP contribution in [0.25, 0.3) is 0 Å². The molecular formula is C17H19N3O. The summed E-state index contributed by atoms with van der Waals surface area (Å²) < 4.78 is 5.76. The molecule has 0 amide bonds. The summed E-state index contributed by atoms with van der Waals surface area (Å²) in [7, 11) is 0. The molecule has 2 rings (SSSR count). The van der Waals surface area contributed by atoms with Gasteiger partial charge in [-0.15, -0.1) is 0 Å². The molecule has 21 heavy (non-hydrogen) atoms. The number of anilines is 1. The van der Waals surface area contributed by atoms with Crippen molar-refractivity contribution in [3.63, 3.8) is 0 Å². The van der Waals surface area contributed by atoms with Crippen LogP contribution in [0.2, 0.25) is 0 Å². The van der Waals surface area contributed by atoms with Gasteiger partial charge in [0.1, 0.15) is 17.4 Å². The van der Waals surface area contributed by atoms with E-state index in [0.29, 0.717) is 17.0 Å². The minimum atomic E-state index is 0.0839. The van der Waals surface area contributed by atoms with Gasteiger partial charge in [-0.25, -0.2) is 4.98 Å². The number of aromatic nitrogens is 1. The lowest BCUT2D eigenvalue weighted by molar-refractivity contribution is 0.457. The van der Waals surface area contributed by atoms with Gasteiger partial charge in [-0.2, -0.15) is 5.26 Å². The van der Waals surface area contributed by atoms with Gasteiger partial charge in [-0.1, -0.05) is 32.9 Å². The van der Waals surface area contributed by atoms with Gasteiger partial charge in [0.05, 0.1) is 11.9 Å². The Labute approximate surface area is 125 Å². The number of nitrogens with zero attached hydrogens (tertiary/aromatic N) is 2. The third-order valence-electron chi connectivity index (χ3n) is 3.24. The van der Waals surface area contributed by atoms with Crippen molar-refractivity contribution in [1.82, 2.24) is 4.98 Å². The fourth-order valence-electron chi connectivity index (χ4n) is 1.96. The quantitative estimate of drug-likeness (QED) is 0.905. The SMILES string of the molecule is Cc1cc(C(C)(C)C)ccc1Oc1ncc(N)cc1C#N. The van der Waals surface area contributed by atoms with Crippen LogP contribution in [-0.2, 0) is 5.41 Å². The Kier molecular flexibility index (Phi) is 3.86. The van der Waals surface area contributed by atoms with Gasteiger partial charge >= 0.3 is 0 Å². The summed E-state index contributed by atoms with van der Waals surface area (Å²) in [5.74, 6) is 0.968. The Morgan fingerprint density at radius 2 is 1.95 bits per heavy atom. The third kappa shape index (κ3) is 3.32. The summed E-state index contributed by atoms with van der Waals surface area (Å²) >= 11 is 0. The molecule has 2 aromatic rings. The maximum atomic E-state index is 9.12. The van der Waals surface area contributed by atoms with E-state index in [1.165, 1.54) is 11.8 Å². The smallest absolute Gasteiger partial charge is 0.237 e. The zero-order chi connectivity index (χ0) is 15.6. The number of hydrogen-bond acceptors (Lipinski definition) is 4. The topological polar surface area (TPSA) is 71.9 Å². The summed E-state index contributed by atoms with van der Waals surface area (Å²) in [5, 5.41) is 9.12. The van der Waals surface area contributed by atoms with E-state index in [4.69, 9.17) is 15.7 Å². The molecule has 0 bridgehead atoms. The molecule has 0 saturated carbocycles. The van der Waals surface area contributed by atoms with E-state index < -0.39 is 0 Å². The zero-order valence-electron chi connectivity index (χ0n) is 12.8. The Morgan fingerprint density at radius 1 is 1.24 bits per heavy atom. The normalized spacial score (nSPS) is 11.0. The Balaban J connectivity index is 2.35. The molecule has 1 heterocycles. The number of nitrogens with two attached hydrogens (primary N) is 1. The highest BCUT2D eigenvalue weighted by molar-refractivity contribution is 5.50. The molecule has 0 spiro atoms. The van der Waals surface area contributed by atoms with Crippen molar-refractivity contribution in [2.45, 2.75) is 33.1 Å². The van der Waals surface area contributed by atoms with Crippen molar-refractivity contribution >= 4 is 5.69 Å². The first-order chi connectivity index (χ1) is 9.81. The number of hydrogen-bond donors (Lipinski definition) is 1. The van der Waals surface area contributed by atoms with Crippen LogP contribution in [0.1, 0.15) is 37.5 Å². The molecule has 108 valence electrons. The molecule has 4 heteroatoms. The van der Waals surface area contributed by atoms with Crippen LogP contribution in [-0.4, -0.2) is 4.98 Å². The predicted molar refractivity (Wildman–Crippen MR) is 83.3 cm³/mol. The van der Waals surface area contributed by atoms with E-state index in [1.54, 1.807) is 6.07 Å². The van der Waals surface area contributed by atoms with Gasteiger partial charge in [0, 0.05) is 0 Å². The second-order valence-electron chi connectivity index (χ2n) is 6.07. The number of rotatable bonds is 2. The van der Waals surface area contributed by atoms with Crippen LogP contribution in [0.5, 0.6) is 11.6 Å². The van der Waals surface area contributed by atoms with Gasteiger partial charge in [-0.05, 0) is 35.6 Å². The van der Waals surface area contributed by atoms with Crippen molar-refractivity contribution in [3.8, 4) is 17.7 Å². The number of benzene rings is 1. The molecule has 2 N–H and O–H groups in total. The van der Waals surface area contributed by atoms with Gasteiger partial charge in [0.25, 0.3) is 0 Å². The summed E-state index contributed by atoms with van der Waals surface area (Å²) in [6.45, 7) is 8.47. The van der Waals surface area contributed by atoms with Crippen LogP contribution in [0.15, 0.2) is 30.5 Å². The molecular weight excluding hydrogens is 262 g/mol. The van der Waals surface area contributed by atoms with Crippen molar-refractivity contribution in [2.24, 2.45) is 0 Å². The summed E-state index contributed by atoms with van der Waals surface area (Å²) in [6.07, 6.45) is 1.48. The van der Waals surface area contributed by atoms with Crippen LogP contribution >= 0.6 is 0 Å². The molecule has 0 fully saturated rings. The summed E-state index contributed by atoms with van der Waals surface area (Å²) in [6, 6.07) is 9.64. The van der Waals surface area contributed by atoms with E-state index in [9.17, 15) is 0 Å². The lowest BCUT2D eigenvalue weighted by atomic mass is 9.86. The van der Waals surface area contributed by atoms with Crippen molar-refractivity contribution in [2.75, 3.05) is 5.73 Å². The lowest BCUT2D eigenvalue weighted by Crippen LogP contribution is -2.11. The molecule has 0 aliphatic carbocycles. The minimum absolute atomic E-state index is 0.0839. The predicted octanol–water partition coefficient (Wildman–Crippen LogP) is 3.93. The highest BCUT2D eigenvalue weighted by atomic mass is 16.5. The molecule has 0 saturated heterocycles. The van der Waals surface area contributed by atoms with E-state index >= 15 is 0 Å². The van der Waals surface area contributed by atoms with Crippen LogP contribution in [0.4, 0.5) is 5.69 Å². The first-order valence-electron chi connectivity index (χ1n) is 6.76. The Morgan fingerprint density at radius 3 is 2.52 bits per heavy atom. The second-order valence-corrected chi connectivity index (χ2v) is 6.07. The highest BCUT2D eigenvalue weighted by Crippen LogP contribution is 2.31. The number of ether oxygens (including phenoxy) is 1. The molecule has 0 radical (unpaired) electrons.